The van der Waals surface area contributed by atoms with Crippen LogP contribution >= 0.6 is 0 Å². The van der Waals surface area contributed by atoms with Crippen LogP contribution in [0, 0.1) is 11.3 Å². The van der Waals surface area contributed by atoms with Crippen LogP contribution in [0.1, 0.15) is 16.7 Å². The zero-order chi connectivity index (χ0) is 23.7. The third kappa shape index (κ3) is 4.43. The number of halogens is 1. The lowest BCUT2D eigenvalue weighted by atomic mass is 9.95. The van der Waals surface area contributed by atoms with Crippen molar-refractivity contribution in [3.63, 3.8) is 0 Å². The number of nitrogens with zero attached hydrogens (tertiary/aromatic N) is 2. The molecule has 0 radical (unpaired) electrons. The topological polar surface area (TPSA) is 67.4 Å². The van der Waals surface area contributed by atoms with E-state index in [1.807, 2.05) is 30.3 Å². The normalized spacial score (nSPS) is 11.5. The van der Waals surface area contributed by atoms with E-state index in [1.165, 1.54) is 5.56 Å². The number of anilines is 1. The minimum atomic E-state index is 0. The maximum Gasteiger partial charge on any atom is 0.213 e. The lowest BCUT2D eigenvalue weighted by molar-refractivity contribution is -0.686. The first-order chi connectivity index (χ1) is 16.6. The fraction of sp³-hybridized carbons (Fsp3) is 0.214. The second kappa shape index (κ2) is 10.1. The fourth-order valence-electron chi connectivity index (χ4n) is 4.65. The van der Waals surface area contributed by atoms with Gasteiger partial charge in [-0.15, -0.1) is 0 Å². The SMILES string of the molecule is COc1cc2c(cc1OC)-c1cc3ccc(OC)c(NCc4cccc(C#N)c4)c3c[n+]1CC2.[Cl-]. The molecule has 1 aliphatic rings. The number of methoxy groups -OCH3 is 3. The summed E-state index contributed by atoms with van der Waals surface area (Å²) in [7, 11) is 5.02. The zero-order valence-corrected chi connectivity index (χ0v) is 20.6. The minimum absolute atomic E-state index is 0. The van der Waals surface area contributed by atoms with Crippen LogP contribution in [0.4, 0.5) is 5.69 Å². The fourth-order valence-corrected chi connectivity index (χ4v) is 4.65. The molecule has 35 heavy (non-hydrogen) atoms. The van der Waals surface area contributed by atoms with Crippen LogP contribution in [0.5, 0.6) is 17.2 Å². The molecule has 0 aliphatic carbocycles. The molecule has 7 heteroatoms. The quantitative estimate of drug-likeness (QED) is 0.421. The molecule has 2 heterocycles. The predicted molar refractivity (Wildman–Crippen MR) is 131 cm³/mol. The summed E-state index contributed by atoms with van der Waals surface area (Å²) in [6, 6.07) is 20.3. The summed E-state index contributed by atoms with van der Waals surface area (Å²) in [5, 5.41) is 15.0. The van der Waals surface area contributed by atoms with E-state index in [0.29, 0.717) is 12.1 Å². The van der Waals surface area contributed by atoms with Gasteiger partial charge in [0.25, 0.3) is 0 Å². The molecule has 0 fully saturated rings. The lowest BCUT2D eigenvalue weighted by Gasteiger charge is -2.19. The van der Waals surface area contributed by atoms with Crippen LogP contribution in [0.2, 0.25) is 0 Å². The van der Waals surface area contributed by atoms with Gasteiger partial charge in [0, 0.05) is 19.0 Å². The number of fused-ring (bicyclic) bond motifs is 4. The van der Waals surface area contributed by atoms with E-state index in [-0.39, 0.29) is 12.4 Å². The Morgan fingerprint density at radius 2 is 1.71 bits per heavy atom. The van der Waals surface area contributed by atoms with Crippen molar-refractivity contribution in [1.29, 1.82) is 5.26 Å². The van der Waals surface area contributed by atoms with Gasteiger partial charge in [0.05, 0.1) is 49.6 Å². The van der Waals surface area contributed by atoms with Crippen molar-refractivity contribution < 1.29 is 31.2 Å². The summed E-state index contributed by atoms with van der Waals surface area (Å²) in [5.74, 6) is 2.27. The molecule has 0 bridgehead atoms. The average molecular weight is 488 g/mol. The van der Waals surface area contributed by atoms with Crippen molar-refractivity contribution in [3.05, 3.63) is 77.5 Å². The maximum absolute atomic E-state index is 9.21. The molecule has 0 spiro atoms. The highest BCUT2D eigenvalue weighted by Crippen LogP contribution is 2.39. The second-order valence-corrected chi connectivity index (χ2v) is 8.28. The molecule has 178 valence electrons. The number of hydrogen-bond acceptors (Lipinski definition) is 5. The molecule has 1 N–H and O–H groups in total. The molecule has 5 rings (SSSR count). The largest absolute Gasteiger partial charge is 1.00 e. The Morgan fingerprint density at radius 1 is 0.943 bits per heavy atom. The number of ether oxygens (including phenoxy) is 3. The summed E-state index contributed by atoms with van der Waals surface area (Å²) in [4.78, 5) is 0. The van der Waals surface area contributed by atoms with E-state index in [2.05, 4.69) is 46.4 Å². The van der Waals surface area contributed by atoms with Crippen molar-refractivity contribution in [1.82, 2.24) is 0 Å². The molecule has 6 nitrogen and oxygen atoms in total. The van der Waals surface area contributed by atoms with Crippen LogP contribution in [0.3, 0.4) is 0 Å². The van der Waals surface area contributed by atoms with Gasteiger partial charge >= 0.3 is 0 Å². The molecule has 1 aliphatic heterocycles. The molecule has 1 aromatic heterocycles. The Balaban J connectivity index is 0.00000289. The van der Waals surface area contributed by atoms with Gasteiger partial charge in [-0.05, 0) is 46.8 Å². The number of nitrogens with one attached hydrogen (secondary N) is 1. The van der Waals surface area contributed by atoms with Crippen LogP contribution < -0.4 is 36.5 Å². The first-order valence-corrected chi connectivity index (χ1v) is 11.2. The smallest absolute Gasteiger partial charge is 0.213 e. The molecule has 0 saturated heterocycles. The molecular weight excluding hydrogens is 462 g/mol. The number of nitriles is 1. The van der Waals surface area contributed by atoms with Crippen LogP contribution in [0.15, 0.2) is 60.8 Å². The van der Waals surface area contributed by atoms with Crippen molar-refractivity contribution >= 4 is 16.5 Å². The number of pyridine rings is 1. The van der Waals surface area contributed by atoms with Crippen molar-refractivity contribution in [2.75, 3.05) is 26.6 Å². The van der Waals surface area contributed by atoms with Gasteiger partial charge in [0.15, 0.2) is 24.2 Å². The number of aryl methyl sites for hydroxylation is 2. The summed E-state index contributed by atoms with van der Waals surface area (Å²) >= 11 is 0. The number of benzene rings is 3. The van der Waals surface area contributed by atoms with Gasteiger partial charge in [-0.2, -0.15) is 9.83 Å². The molecule has 3 aromatic carbocycles. The van der Waals surface area contributed by atoms with Crippen LogP contribution in [-0.4, -0.2) is 21.3 Å². The van der Waals surface area contributed by atoms with Crippen molar-refractivity contribution in [2.45, 2.75) is 19.5 Å². The minimum Gasteiger partial charge on any atom is -1.00 e. The van der Waals surface area contributed by atoms with Gasteiger partial charge in [0.1, 0.15) is 5.75 Å². The third-order valence-corrected chi connectivity index (χ3v) is 6.38. The van der Waals surface area contributed by atoms with E-state index >= 15 is 0 Å². The number of aromatic nitrogens is 1. The Bertz CT molecular complexity index is 1450. The molecular formula is C28H26ClN3O3. The Morgan fingerprint density at radius 3 is 2.46 bits per heavy atom. The van der Waals surface area contributed by atoms with Crippen LogP contribution in [-0.2, 0) is 19.5 Å². The summed E-state index contributed by atoms with van der Waals surface area (Å²) < 4.78 is 19.0. The van der Waals surface area contributed by atoms with E-state index in [9.17, 15) is 5.26 Å². The number of rotatable bonds is 6. The van der Waals surface area contributed by atoms with E-state index in [4.69, 9.17) is 14.2 Å². The maximum atomic E-state index is 9.21. The summed E-state index contributed by atoms with van der Waals surface area (Å²) in [5.41, 5.74) is 6.19. The third-order valence-electron chi connectivity index (χ3n) is 6.38. The van der Waals surface area contributed by atoms with Gasteiger partial charge in [-0.25, -0.2) is 0 Å². The highest BCUT2D eigenvalue weighted by molar-refractivity contribution is 5.97. The zero-order valence-electron chi connectivity index (χ0n) is 19.9. The molecule has 0 saturated carbocycles. The highest BCUT2D eigenvalue weighted by atomic mass is 35.5. The molecule has 0 atom stereocenters. The van der Waals surface area contributed by atoms with Gasteiger partial charge in [-0.1, -0.05) is 18.2 Å². The van der Waals surface area contributed by atoms with Gasteiger partial charge in [0.2, 0.25) is 5.69 Å². The summed E-state index contributed by atoms with van der Waals surface area (Å²) in [6.45, 7) is 1.46. The molecule has 0 amide bonds. The van der Waals surface area contributed by atoms with Gasteiger partial charge in [-0.3, -0.25) is 0 Å². The Hall–Kier alpha value is -3.95. The monoisotopic (exact) mass is 487 g/mol. The Labute approximate surface area is 211 Å². The van der Waals surface area contributed by atoms with Crippen molar-refractivity contribution in [2.24, 2.45) is 0 Å². The molecule has 4 aromatic rings. The van der Waals surface area contributed by atoms with E-state index < -0.39 is 0 Å². The lowest BCUT2D eigenvalue weighted by Crippen LogP contribution is -3.00. The van der Waals surface area contributed by atoms with E-state index in [1.54, 1.807) is 21.3 Å². The predicted octanol–water partition coefficient (Wildman–Crippen LogP) is 1.86. The van der Waals surface area contributed by atoms with Gasteiger partial charge < -0.3 is 31.9 Å². The van der Waals surface area contributed by atoms with E-state index in [0.717, 1.165) is 63.5 Å². The highest BCUT2D eigenvalue weighted by Gasteiger charge is 2.27. The first-order valence-electron chi connectivity index (χ1n) is 11.2. The van der Waals surface area contributed by atoms with Crippen molar-refractivity contribution in [3.8, 4) is 34.6 Å². The Kier molecular flexibility index (Phi) is 6.99. The standard InChI is InChI=1S/C28H25N3O3.ClH/c1-32-25-8-7-20-12-24-22-14-27(34-3)26(33-2)13-21(22)9-10-31(24)17-23(20)28(25)30-16-19-6-4-5-18(11-19)15-29;/h4-8,11-14,17H,9-10,16H2,1-3H3;1H. The molecule has 0 unspecified atom stereocenters. The summed E-state index contributed by atoms with van der Waals surface area (Å²) in [6.07, 6.45) is 3.10. The van der Waals surface area contributed by atoms with Crippen LogP contribution in [0.25, 0.3) is 22.0 Å². The average Bonchev–Trinajstić information content (AvgIpc) is 2.89. The second-order valence-electron chi connectivity index (χ2n) is 8.28. The number of hydrogen-bond donors (Lipinski definition) is 1. The first kappa shape index (κ1) is 24.2.